The summed E-state index contributed by atoms with van der Waals surface area (Å²) in [7, 11) is 0. The van der Waals surface area contributed by atoms with Crippen LogP contribution in [0.15, 0.2) is 18.2 Å². The van der Waals surface area contributed by atoms with Gasteiger partial charge in [0, 0.05) is 13.2 Å². The van der Waals surface area contributed by atoms with Crippen LogP contribution in [0, 0.1) is 13.8 Å². The average molecular weight is 293 g/mol. The molecular formula is C16H23NO4. The van der Waals surface area contributed by atoms with E-state index < -0.39 is 5.54 Å². The van der Waals surface area contributed by atoms with Crippen molar-refractivity contribution in [3.8, 4) is 5.75 Å². The van der Waals surface area contributed by atoms with Gasteiger partial charge in [-0.25, -0.2) is 0 Å². The molecule has 5 nitrogen and oxygen atoms in total. The average Bonchev–Trinajstić information content (AvgIpc) is 2.47. The summed E-state index contributed by atoms with van der Waals surface area (Å²) in [5, 5.41) is 12.5. The zero-order chi connectivity index (χ0) is 15.3. The van der Waals surface area contributed by atoms with E-state index in [9.17, 15) is 9.90 Å². The molecule has 0 spiro atoms. The quantitative estimate of drug-likeness (QED) is 0.859. The fourth-order valence-electron chi connectivity index (χ4n) is 2.58. The number of nitrogens with one attached hydrogen (secondary N) is 1. The van der Waals surface area contributed by atoms with Crippen LogP contribution in [-0.2, 0) is 9.53 Å². The highest BCUT2D eigenvalue weighted by Crippen LogP contribution is 2.23. The molecule has 0 radical (unpaired) electrons. The minimum Gasteiger partial charge on any atom is -0.483 e. The number of aliphatic hydroxyl groups is 1. The van der Waals surface area contributed by atoms with Gasteiger partial charge in [-0.05, 0) is 37.8 Å². The Morgan fingerprint density at radius 1 is 1.33 bits per heavy atom. The highest BCUT2D eigenvalue weighted by molar-refractivity contribution is 5.78. The Morgan fingerprint density at radius 3 is 2.52 bits per heavy atom. The first-order valence-corrected chi connectivity index (χ1v) is 7.25. The summed E-state index contributed by atoms with van der Waals surface area (Å²) >= 11 is 0. The SMILES string of the molecule is Cc1cccc(C)c1OCC(=O)NC1(CO)CCOCC1. The third kappa shape index (κ3) is 3.95. The van der Waals surface area contributed by atoms with Crippen molar-refractivity contribution in [2.75, 3.05) is 26.4 Å². The molecule has 21 heavy (non-hydrogen) atoms. The van der Waals surface area contributed by atoms with E-state index in [1.165, 1.54) is 0 Å². The standard InChI is InChI=1S/C16H23NO4/c1-12-4-3-5-13(2)15(12)21-10-14(19)17-16(11-18)6-8-20-9-7-16/h3-5,18H,6-11H2,1-2H3,(H,17,19). The van der Waals surface area contributed by atoms with Gasteiger partial charge >= 0.3 is 0 Å². The molecule has 0 bridgehead atoms. The molecule has 5 heteroatoms. The lowest BCUT2D eigenvalue weighted by Gasteiger charge is -2.36. The van der Waals surface area contributed by atoms with E-state index in [1.807, 2.05) is 32.0 Å². The summed E-state index contributed by atoms with van der Waals surface area (Å²) in [5.74, 6) is 0.534. The molecule has 2 N–H and O–H groups in total. The largest absolute Gasteiger partial charge is 0.483 e. The molecule has 0 aliphatic carbocycles. The fourth-order valence-corrected chi connectivity index (χ4v) is 2.58. The second kappa shape index (κ2) is 6.91. The Morgan fingerprint density at radius 2 is 1.95 bits per heavy atom. The lowest BCUT2D eigenvalue weighted by Crippen LogP contribution is -2.55. The van der Waals surface area contributed by atoms with Crippen molar-refractivity contribution in [3.63, 3.8) is 0 Å². The Balaban J connectivity index is 1.92. The van der Waals surface area contributed by atoms with Gasteiger partial charge in [0.25, 0.3) is 5.91 Å². The number of hydrogen-bond acceptors (Lipinski definition) is 4. The minimum atomic E-state index is -0.570. The van der Waals surface area contributed by atoms with Gasteiger partial charge in [0.1, 0.15) is 5.75 Å². The molecule has 0 unspecified atom stereocenters. The van der Waals surface area contributed by atoms with Crippen LogP contribution < -0.4 is 10.1 Å². The summed E-state index contributed by atoms with van der Waals surface area (Å²) in [6.07, 6.45) is 1.25. The lowest BCUT2D eigenvalue weighted by atomic mass is 9.91. The van der Waals surface area contributed by atoms with Gasteiger partial charge in [-0.3, -0.25) is 4.79 Å². The summed E-state index contributed by atoms with van der Waals surface area (Å²) in [5.41, 5.74) is 1.44. The normalized spacial score (nSPS) is 17.3. The first kappa shape index (κ1) is 15.8. The van der Waals surface area contributed by atoms with Gasteiger partial charge < -0.3 is 19.9 Å². The van der Waals surface area contributed by atoms with Crippen molar-refractivity contribution in [1.29, 1.82) is 0 Å². The molecule has 1 amide bonds. The number of benzene rings is 1. The zero-order valence-corrected chi connectivity index (χ0v) is 12.6. The molecule has 0 atom stereocenters. The van der Waals surface area contributed by atoms with E-state index in [0.717, 1.165) is 16.9 Å². The van der Waals surface area contributed by atoms with Gasteiger partial charge in [-0.1, -0.05) is 18.2 Å². The number of carbonyl (C=O) groups excluding carboxylic acids is 1. The van der Waals surface area contributed by atoms with E-state index in [0.29, 0.717) is 26.1 Å². The molecule has 1 saturated heterocycles. The Hall–Kier alpha value is -1.59. The monoisotopic (exact) mass is 293 g/mol. The summed E-state index contributed by atoms with van der Waals surface area (Å²) < 4.78 is 10.9. The van der Waals surface area contributed by atoms with Crippen molar-refractivity contribution < 1.29 is 19.4 Å². The zero-order valence-electron chi connectivity index (χ0n) is 12.6. The molecule has 116 valence electrons. The van der Waals surface area contributed by atoms with E-state index in [-0.39, 0.29) is 19.1 Å². The predicted molar refractivity (Wildman–Crippen MR) is 79.4 cm³/mol. The summed E-state index contributed by atoms with van der Waals surface area (Å²) in [6, 6.07) is 5.86. The number of aliphatic hydroxyl groups excluding tert-OH is 1. The second-order valence-electron chi connectivity index (χ2n) is 5.61. The molecule has 1 aromatic rings. The molecule has 1 fully saturated rings. The Labute approximate surface area is 125 Å². The number of aryl methyl sites for hydroxylation is 2. The van der Waals surface area contributed by atoms with Crippen LogP contribution in [0.25, 0.3) is 0 Å². The third-order valence-corrected chi connectivity index (χ3v) is 3.91. The first-order chi connectivity index (χ1) is 10.1. The van der Waals surface area contributed by atoms with Crippen LogP contribution in [0.4, 0.5) is 0 Å². The predicted octanol–water partition coefficient (Wildman–Crippen LogP) is 1.34. The van der Waals surface area contributed by atoms with Crippen molar-refractivity contribution in [2.24, 2.45) is 0 Å². The summed E-state index contributed by atoms with van der Waals surface area (Å²) in [6.45, 7) is 4.89. The number of ether oxygens (including phenoxy) is 2. The van der Waals surface area contributed by atoms with Gasteiger partial charge in [-0.15, -0.1) is 0 Å². The molecule has 0 aromatic heterocycles. The first-order valence-electron chi connectivity index (χ1n) is 7.25. The smallest absolute Gasteiger partial charge is 0.258 e. The van der Waals surface area contributed by atoms with E-state index >= 15 is 0 Å². The van der Waals surface area contributed by atoms with Crippen molar-refractivity contribution in [1.82, 2.24) is 5.32 Å². The lowest BCUT2D eigenvalue weighted by molar-refractivity contribution is -0.127. The fraction of sp³-hybridized carbons (Fsp3) is 0.562. The van der Waals surface area contributed by atoms with E-state index in [4.69, 9.17) is 9.47 Å². The van der Waals surface area contributed by atoms with Crippen molar-refractivity contribution in [3.05, 3.63) is 29.3 Å². The van der Waals surface area contributed by atoms with Gasteiger partial charge in [0.15, 0.2) is 6.61 Å². The van der Waals surface area contributed by atoms with Crippen molar-refractivity contribution >= 4 is 5.91 Å². The molecular weight excluding hydrogens is 270 g/mol. The number of hydrogen-bond donors (Lipinski definition) is 2. The van der Waals surface area contributed by atoms with Gasteiger partial charge in [-0.2, -0.15) is 0 Å². The molecule has 1 aromatic carbocycles. The van der Waals surface area contributed by atoms with E-state index in [2.05, 4.69) is 5.32 Å². The molecule has 1 heterocycles. The highest BCUT2D eigenvalue weighted by Gasteiger charge is 2.33. The van der Waals surface area contributed by atoms with Crippen LogP contribution in [0.3, 0.4) is 0 Å². The second-order valence-corrected chi connectivity index (χ2v) is 5.61. The molecule has 1 aliphatic heterocycles. The number of para-hydroxylation sites is 1. The van der Waals surface area contributed by atoms with E-state index in [1.54, 1.807) is 0 Å². The van der Waals surface area contributed by atoms with Crippen molar-refractivity contribution in [2.45, 2.75) is 32.2 Å². The molecule has 1 aliphatic rings. The highest BCUT2D eigenvalue weighted by atomic mass is 16.5. The molecule has 0 saturated carbocycles. The number of rotatable bonds is 5. The van der Waals surface area contributed by atoms with Crippen LogP contribution in [0.1, 0.15) is 24.0 Å². The maximum absolute atomic E-state index is 12.1. The maximum Gasteiger partial charge on any atom is 0.258 e. The topological polar surface area (TPSA) is 67.8 Å². The van der Waals surface area contributed by atoms with Crippen LogP contribution in [0.2, 0.25) is 0 Å². The maximum atomic E-state index is 12.1. The Kier molecular flexibility index (Phi) is 5.20. The minimum absolute atomic E-state index is 0.0473. The number of amides is 1. The van der Waals surface area contributed by atoms with Crippen LogP contribution in [0.5, 0.6) is 5.75 Å². The Bertz CT molecular complexity index is 475. The van der Waals surface area contributed by atoms with Gasteiger partial charge in [0.05, 0.1) is 12.1 Å². The third-order valence-electron chi connectivity index (χ3n) is 3.91. The number of carbonyl (C=O) groups is 1. The van der Waals surface area contributed by atoms with Gasteiger partial charge in [0.2, 0.25) is 0 Å². The summed E-state index contributed by atoms with van der Waals surface area (Å²) in [4.78, 5) is 12.1. The molecule has 2 rings (SSSR count). The van der Waals surface area contributed by atoms with Crippen LogP contribution in [-0.4, -0.2) is 43.0 Å². The van der Waals surface area contributed by atoms with Crippen LogP contribution >= 0.6 is 0 Å².